The molecule has 0 radical (unpaired) electrons. The number of rotatable bonds is 4. The number of hydrogen-bond donors (Lipinski definition) is 0. The number of aliphatic imine (C=N–C) groups is 1. The molecule has 22 heavy (non-hydrogen) atoms. The molecule has 0 saturated heterocycles. The molecule has 0 amide bonds. The summed E-state index contributed by atoms with van der Waals surface area (Å²) in [4.78, 5) is 7.15. The van der Waals surface area contributed by atoms with Gasteiger partial charge in [-0.1, -0.05) is 24.3 Å². The van der Waals surface area contributed by atoms with E-state index in [2.05, 4.69) is 37.2 Å². The molecule has 1 unspecified atom stereocenters. The van der Waals surface area contributed by atoms with Crippen LogP contribution in [-0.2, 0) is 6.42 Å². The Morgan fingerprint density at radius 3 is 2.55 bits per heavy atom. The molecular formula is C19H21FN2. The maximum Gasteiger partial charge on any atom is 0.123 e. The molecule has 0 bridgehead atoms. The first-order chi connectivity index (χ1) is 10.6. The molecule has 1 aliphatic rings. The fourth-order valence-electron chi connectivity index (χ4n) is 2.89. The summed E-state index contributed by atoms with van der Waals surface area (Å²) < 4.78 is 13.2. The second-order valence-electron chi connectivity index (χ2n) is 6.09. The zero-order chi connectivity index (χ0) is 15.5. The summed E-state index contributed by atoms with van der Waals surface area (Å²) in [6.45, 7) is 1.02. The Bertz CT molecular complexity index is 674. The van der Waals surface area contributed by atoms with Gasteiger partial charge in [0, 0.05) is 11.1 Å². The van der Waals surface area contributed by atoms with Crippen LogP contribution in [0, 0.1) is 5.82 Å². The van der Waals surface area contributed by atoms with E-state index in [0.29, 0.717) is 0 Å². The van der Waals surface area contributed by atoms with Crippen molar-refractivity contribution in [2.45, 2.75) is 18.9 Å². The predicted octanol–water partition coefficient (Wildman–Crippen LogP) is 3.54. The van der Waals surface area contributed by atoms with Gasteiger partial charge in [0.1, 0.15) is 5.82 Å². The minimum atomic E-state index is -0.211. The maximum absolute atomic E-state index is 13.2. The van der Waals surface area contributed by atoms with Crippen LogP contribution in [0.2, 0.25) is 0 Å². The van der Waals surface area contributed by atoms with Crippen molar-refractivity contribution in [1.29, 1.82) is 0 Å². The Balaban J connectivity index is 1.96. The van der Waals surface area contributed by atoms with Gasteiger partial charge in [-0.2, -0.15) is 0 Å². The first-order valence-electron chi connectivity index (χ1n) is 7.70. The third-order valence-corrected chi connectivity index (χ3v) is 4.07. The van der Waals surface area contributed by atoms with E-state index < -0.39 is 0 Å². The van der Waals surface area contributed by atoms with Crippen molar-refractivity contribution in [2.75, 3.05) is 20.6 Å². The zero-order valence-electron chi connectivity index (χ0n) is 13.1. The highest BCUT2D eigenvalue weighted by atomic mass is 19.1. The summed E-state index contributed by atoms with van der Waals surface area (Å²) in [7, 11) is 4.17. The largest absolute Gasteiger partial charge is 0.309 e. The summed E-state index contributed by atoms with van der Waals surface area (Å²) in [5.74, 6) is -0.211. The van der Waals surface area contributed by atoms with Crippen molar-refractivity contribution in [3.63, 3.8) is 0 Å². The fraction of sp³-hybridized carbons (Fsp3) is 0.316. The maximum atomic E-state index is 13.2. The summed E-state index contributed by atoms with van der Waals surface area (Å²) in [6.07, 6.45) is 2.01. The van der Waals surface area contributed by atoms with Gasteiger partial charge >= 0.3 is 0 Å². The van der Waals surface area contributed by atoms with Crippen LogP contribution in [-0.4, -0.2) is 37.3 Å². The number of nitrogens with zero attached hydrogens (tertiary/aromatic N) is 2. The summed E-state index contributed by atoms with van der Waals surface area (Å²) in [5.41, 5.74) is 4.49. The van der Waals surface area contributed by atoms with Gasteiger partial charge in [0.15, 0.2) is 0 Å². The normalized spacial score (nSPS) is 17.3. The fourth-order valence-corrected chi connectivity index (χ4v) is 2.89. The lowest BCUT2D eigenvalue weighted by Gasteiger charge is -2.24. The van der Waals surface area contributed by atoms with Crippen LogP contribution in [0.1, 0.15) is 23.1 Å². The Kier molecular flexibility index (Phi) is 4.34. The van der Waals surface area contributed by atoms with E-state index in [1.165, 1.54) is 23.3 Å². The minimum Gasteiger partial charge on any atom is -0.309 e. The molecular weight excluding hydrogens is 275 g/mol. The van der Waals surface area contributed by atoms with Crippen LogP contribution in [0.15, 0.2) is 53.5 Å². The van der Waals surface area contributed by atoms with Gasteiger partial charge in [0.2, 0.25) is 0 Å². The van der Waals surface area contributed by atoms with Gasteiger partial charge in [-0.15, -0.1) is 0 Å². The topological polar surface area (TPSA) is 15.6 Å². The van der Waals surface area contributed by atoms with E-state index in [1.54, 1.807) is 0 Å². The second-order valence-corrected chi connectivity index (χ2v) is 6.09. The Morgan fingerprint density at radius 1 is 1.09 bits per heavy atom. The lowest BCUT2D eigenvalue weighted by molar-refractivity contribution is 0.379. The van der Waals surface area contributed by atoms with Crippen LogP contribution in [0.4, 0.5) is 4.39 Å². The van der Waals surface area contributed by atoms with Crippen molar-refractivity contribution in [3.05, 3.63) is 71.0 Å². The zero-order valence-corrected chi connectivity index (χ0v) is 13.1. The highest BCUT2D eigenvalue weighted by molar-refractivity contribution is 6.14. The molecule has 114 valence electrons. The monoisotopic (exact) mass is 296 g/mol. The molecule has 0 aromatic heterocycles. The molecule has 2 aromatic rings. The van der Waals surface area contributed by atoms with E-state index in [0.717, 1.165) is 30.7 Å². The van der Waals surface area contributed by atoms with Crippen LogP contribution in [0.25, 0.3) is 0 Å². The van der Waals surface area contributed by atoms with E-state index >= 15 is 0 Å². The predicted molar refractivity (Wildman–Crippen MR) is 89.1 cm³/mol. The average Bonchev–Trinajstić information content (AvgIpc) is 2.53. The quantitative estimate of drug-likeness (QED) is 0.842. The molecule has 0 aliphatic carbocycles. The third-order valence-electron chi connectivity index (χ3n) is 4.07. The molecule has 0 spiro atoms. The molecule has 2 nitrogen and oxygen atoms in total. The number of benzene rings is 2. The molecule has 0 saturated carbocycles. The number of hydrogen-bond acceptors (Lipinski definition) is 2. The SMILES string of the molecule is CN(C)CCC1Cc2ccccc2C(c2ccc(F)cc2)=N1. The van der Waals surface area contributed by atoms with Crippen LogP contribution >= 0.6 is 0 Å². The van der Waals surface area contributed by atoms with Gasteiger partial charge in [0.05, 0.1) is 11.8 Å². The molecule has 1 aliphatic heterocycles. The standard InChI is InChI=1S/C19H21FN2/c1-22(2)12-11-17-13-15-5-3-4-6-18(15)19(21-17)14-7-9-16(20)10-8-14/h3-10,17H,11-13H2,1-2H3. The van der Waals surface area contributed by atoms with E-state index in [-0.39, 0.29) is 11.9 Å². The summed E-state index contributed by atoms with van der Waals surface area (Å²) in [6, 6.07) is 15.3. The third kappa shape index (κ3) is 3.25. The Morgan fingerprint density at radius 2 is 1.82 bits per heavy atom. The van der Waals surface area contributed by atoms with Crippen LogP contribution < -0.4 is 0 Å². The van der Waals surface area contributed by atoms with Gasteiger partial charge in [-0.3, -0.25) is 4.99 Å². The van der Waals surface area contributed by atoms with Crippen molar-refractivity contribution < 1.29 is 4.39 Å². The van der Waals surface area contributed by atoms with Crippen molar-refractivity contribution in [1.82, 2.24) is 4.90 Å². The Hall–Kier alpha value is -2.00. The number of halogens is 1. The van der Waals surface area contributed by atoms with Crippen molar-refractivity contribution in [2.24, 2.45) is 4.99 Å². The van der Waals surface area contributed by atoms with E-state index in [1.807, 2.05) is 18.2 Å². The first-order valence-corrected chi connectivity index (χ1v) is 7.70. The molecule has 1 atom stereocenters. The van der Waals surface area contributed by atoms with Crippen molar-refractivity contribution >= 4 is 5.71 Å². The lowest BCUT2D eigenvalue weighted by atomic mass is 9.89. The molecule has 0 N–H and O–H groups in total. The highest BCUT2D eigenvalue weighted by Gasteiger charge is 2.21. The van der Waals surface area contributed by atoms with E-state index in [9.17, 15) is 4.39 Å². The van der Waals surface area contributed by atoms with Gasteiger partial charge in [0.25, 0.3) is 0 Å². The first kappa shape index (κ1) is 14.9. The second kappa shape index (κ2) is 6.41. The minimum absolute atomic E-state index is 0.211. The summed E-state index contributed by atoms with van der Waals surface area (Å²) in [5, 5.41) is 0. The number of fused-ring (bicyclic) bond motifs is 1. The van der Waals surface area contributed by atoms with Crippen LogP contribution in [0.5, 0.6) is 0 Å². The molecule has 3 rings (SSSR count). The van der Waals surface area contributed by atoms with Gasteiger partial charge in [-0.25, -0.2) is 4.39 Å². The smallest absolute Gasteiger partial charge is 0.123 e. The van der Waals surface area contributed by atoms with E-state index in [4.69, 9.17) is 4.99 Å². The summed E-state index contributed by atoms with van der Waals surface area (Å²) >= 11 is 0. The lowest BCUT2D eigenvalue weighted by Crippen LogP contribution is -2.25. The van der Waals surface area contributed by atoms with Crippen LogP contribution in [0.3, 0.4) is 0 Å². The Labute approximate surface area is 131 Å². The van der Waals surface area contributed by atoms with Gasteiger partial charge in [-0.05, 0) is 63.3 Å². The highest BCUT2D eigenvalue weighted by Crippen LogP contribution is 2.25. The molecule has 0 fully saturated rings. The molecule has 3 heteroatoms. The van der Waals surface area contributed by atoms with Crippen molar-refractivity contribution in [3.8, 4) is 0 Å². The molecule has 1 heterocycles. The average molecular weight is 296 g/mol. The molecule has 2 aromatic carbocycles. The van der Waals surface area contributed by atoms with Gasteiger partial charge < -0.3 is 4.90 Å².